The molecular formula is C19H15FN4O3. The first-order valence-electron chi connectivity index (χ1n) is 8.31. The van der Waals surface area contributed by atoms with Crippen LogP contribution in [-0.4, -0.2) is 37.0 Å². The highest BCUT2D eigenvalue weighted by Crippen LogP contribution is 2.24. The summed E-state index contributed by atoms with van der Waals surface area (Å²) in [7, 11) is 0. The summed E-state index contributed by atoms with van der Waals surface area (Å²) in [5.74, 6) is -1.41. The molecule has 7 nitrogen and oxygen atoms in total. The lowest BCUT2D eigenvalue weighted by Gasteiger charge is -2.30. The molecule has 0 saturated heterocycles. The summed E-state index contributed by atoms with van der Waals surface area (Å²) in [5, 5.41) is 10.4. The van der Waals surface area contributed by atoms with E-state index in [0.29, 0.717) is 18.8 Å². The van der Waals surface area contributed by atoms with Crippen molar-refractivity contribution in [2.75, 3.05) is 6.54 Å². The van der Waals surface area contributed by atoms with E-state index in [2.05, 4.69) is 9.97 Å². The molecule has 0 bridgehead atoms. The van der Waals surface area contributed by atoms with E-state index in [9.17, 15) is 19.1 Å². The molecule has 1 aliphatic rings. The van der Waals surface area contributed by atoms with Crippen LogP contribution in [-0.2, 0) is 13.1 Å². The highest BCUT2D eigenvalue weighted by Gasteiger charge is 2.30. The Morgan fingerprint density at radius 2 is 1.89 bits per heavy atom. The number of rotatable bonds is 3. The fourth-order valence-electron chi connectivity index (χ4n) is 3.11. The topological polar surface area (TPSA) is 88.3 Å². The van der Waals surface area contributed by atoms with E-state index < -0.39 is 17.1 Å². The van der Waals surface area contributed by atoms with E-state index in [1.165, 1.54) is 41.8 Å². The van der Waals surface area contributed by atoms with Gasteiger partial charge in [-0.3, -0.25) is 19.6 Å². The normalized spacial score (nSPS) is 13.5. The van der Waals surface area contributed by atoms with Gasteiger partial charge in [0, 0.05) is 38.2 Å². The van der Waals surface area contributed by atoms with Crippen LogP contribution in [0, 0.1) is 5.82 Å². The molecule has 0 fully saturated rings. The molecule has 2 aromatic heterocycles. The van der Waals surface area contributed by atoms with Gasteiger partial charge in [-0.25, -0.2) is 4.39 Å². The van der Waals surface area contributed by atoms with E-state index in [0.717, 1.165) is 5.56 Å². The van der Waals surface area contributed by atoms with Gasteiger partial charge in [0.2, 0.25) is 5.43 Å². The van der Waals surface area contributed by atoms with Crippen molar-refractivity contribution in [3.63, 3.8) is 0 Å². The lowest BCUT2D eigenvalue weighted by Crippen LogP contribution is -2.41. The highest BCUT2D eigenvalue weighted by atomic mass is 19.1. The summed E-state index contributed by atoms with van der Waals surface area (Å²) in [6, 6.07) is 5.85. The van der Waals surface area contributed by atoms with E-state index in [1.807, 2.05) is 0 Å². The van der Waals surface area contributed by atoms with Gasteiger partial charge in [-0.2, -0.15) is 0 Å². The SMILES string of the molecule is O=C1c2c(O)c(=O)c(-c3cnccn3)cn2CCN1Cc1ccc(F)cc1. The van der Waals surface area contributed by atoms with Gasteiger partial charge in [0.05, 0.1) is 17.5 Å². The van der Waals surface area contributed by atoms with Gasteiger partial charge < -0.3 is 14.6 Å². The molecule has 0 aliphatic carbocycles. The van der Waals surface area contributed by atoms with Crippen LogP contribution in [0.25, 0.3) is 11.3 Å². The maximum absolute atomic E-state index is 13.1. The number of hydrogen-bond acceptors (Lipinski definition) is 5. The third kappa shape index (κ3) is 3.05. The second kappa shape index (κ2) is 6.64. The van der Waals surface area contributed by atoms with Crippen molar-refractivity contribution in [3.05, 3.63) is 76.4 Å². The quantitative estimate of drug-likeness (QED) is 0.764. The van der Waals surface area contributed by atoms with Crippen molar-refractivity contribution in [2.24, 2.45) is 0 Å². The van der Waals surface area contributed by atoms with Crippen LogP contribution in [0.5, 0.6) is 5.75 Å². The average molecular weight is 366 g/mol. The Kier molecular flexibility index (Phi) is 4.15. The molecule has 4 rings (SSSR count). The number of amides is 1. The number of fused-ring (bicyclic) bond motifs is 1. The van der Waals surface area contributed by atoms with E-state index in [4.69, 9.17) is 0 Å². The minimum absolute atomic E-state index is 0.0546. The van der Waals surface area contributed by atoms with E-state index >= 15 is 0 Å². The average Bonchev–Trinajstić information content (AvgIpc) is 2.69. The maximum atomic E-state index is 13.1. The molecule has 0 atom stereocenters. The first kappa shape index (κ1) is 16.9. The van der Waals surface area contributed by atoms with Crippen LogP contribution in [0.2, 0.25) is 0 Å². The molecule has 27 heavy (non-hydrogen) atoms. The Morgan fingerprint density at radius 1 is 1.11 bits per heavy atom. The van der Waals surface area contributed by atoms with Crippen molar-refractivity contribution in [3.8, 4) is 17.0 Å². The zero-order valence-corrected chi connectivity index (χ0v) is 14.2. The number of benzene rings is 1. The van der Waals surface area contributed by atoms with Crippen LogP contribution in [0.3, 0.4) is 0 Å². The lowest BCUT2D eigenvalue weighted by atomic mass is 10.1. The van der Waals surface area contributed by atoms with Crippen LogP contribution >= 0.6 is 0 Å². The Bertz CT molecular complexity index is 1060. The zero-order chi connectivity index (χ0) is 19.0. The summed E-state index contributed by atoms with van der Waals surface area (Å²) in [6.45, 7) is 1.06. The van der Waals surface area contributed by atoms with Crippen LogP contribution in [0.4, 0.5) is 4.39 Å². The summed E-state index contributed by atoms with van der Waals surface area (Å²) >= 11 is 0. The molecule has 136 valence electrons. The molecule has 1 amide bonds. The van der Waals surface area contributed by atoms with Crippen LogP contribution < -0.4 is 5.43 Å². The molecule has 1 aromatic carbocycles. The smallest absolute Gasteiger partial charge is 0.274 e. The Morgan fingerprint density at radius 3 is 2.59 bits per heavy atom. The molecule has 0 saturated carbocycles. The van der Waals surface area contributed by atoms with Crippen molar-refractivity contribution < 1.29 is 14.3 Å². The molecule has 1 N–H and O–H groups in total. The molecule has 3 heterocycles. The van der Waals surface area contributed by atoms with Crippen molar-refractivity contribution in [1.82, 2.24) is 19.4 Å². The number of halogens is 1. The Balaban J connectivity index is 1.70. The summed E-state index contributed by atoms with van der Waals surface area (Å²) < 4.78 is 14.6. The number of nitrogens with zero attached hydrogens (tertiary/aromatic N) is 4. The first-order valence-corrected chi connectivity index (χ1v) is 8.31. The fraction of sp³-hybridized carbons (Fsp3) is 0.158. The number of pyridine rings is 1. The van der Waals surface area contributed by atoms with Gasteiger partial charge in [0.25, 0.3) is 5.91 Å². The van der Waals surface area contributed by atoms with Gasteiger partial charge >= 0.3 is 0 Å². The predicted molar refractivity (Wildman–Crippen MR) is 94.5 cm³/mol. The summed E-state index contributed by atoms with van der Waals surface area (Å²) in [4.78, 5) is 34.9. The number of aromatic nitrogens is 3. The predicted octanol–water partition coefficient (Wildman–Crippen LogP) is 1.81. The second-order valence-corrected chi connectivity index (χ2v) is 6.21. The second-order valence-electron chi connectivity index (χ2n) is 6.21. The van der Waals surface area contributed by atoms with Gasteiger partial charge in [-0.05, 0) is 17.7 Å². The number of carbonyl (C=O) groups is 1. The van der Waals surface area contributed by atoms with Crippen molar-refractivity contribution in [2.45, 2.75) is 13.1 Å². The van der Waals surface area contributed by atoms with E-state index in [-0.39, 0.29) is 23.6 Å². The largest absolute Gasteiger partial charge is 0.503 e. The van der Waals surface area contributed by atoms with Crippen molar-refractivity contribution in [1.29, 1.82) is 0 Å². The summed E-state index contributed by atoms with van der Waals surface area (Å²) in [5.41, 5.74) is 0.550. The standard InChI is InChI=1S/C19H15FN4O3/c20-13-3-1-12(2-4-13)10-24-8-7-23-11-14(15-9-21-5-6-22-15)17(25)18(26)16(23)19(24)27/h1-6,9,11,26H,7-8,10H2. The molecule has 3 aromatic rings. The Labute approximate surface area is 153 Å². The fourth-order valence-corrected chi connectivity index (χ4v) is 3.11. The Hall–Kier alpha value is -3.55. The van der Waals surface area contributed by atoms with Gasteiger partial charge in [0.15, 0.2) is 11.4 Å². The third-order valence-electron chi connectivity index (χ3n) is 4.48. The zero-order valence-electron chi connectivity index (χ0n) is 14.2. The summed E-state index contributed by atoms with van der Waals surface area (Å²) in [6.07, 6.45) is 5.88. The highest BCUT2D eigenvalue weighted by molar-refractivity contribution is 5.96. The third-order valence-corrected chi connectivity index (χ3v) is 4.48. The first-order chi connectivity index (χ1) is 13.0. The molecule has 8 heteroatoms. The van der Waals surface area contributed by atoms with Gasteiger partial charge in [-0.1, -0.05) is 12.1 Å². The lowest BCUT2D eigenvalue weighted by molar-refractivity contribution is 0.0683. The van der Waals surface area contributed by atoms with Crippen LogP contribution in [0.1, 0.15) is 16.1 Å². The van der Waals surface area contributed by atoms with Gasteiger partial charge in [-0.15, -0.1) is 0 Å². The number of hydrogen-bond donors (Lipinski definition) is 1. The maximum Gasteiger partial charge on any atom is 0.274 e. The van der Waals surface area contributed by atoms with Crippen LogP contribution in [0.15, 0.2) is 53.8 Å². The monoisotopic (exact) mass is 366 g/mol. The number of aromatic hydroxyl groups is 1. The minimum atomic E-state index is -0.668. The van der Waals surface area contributed by atoms with E-state index in [1.54, 1.807) is 16.7 Å². The number of carbonyl (C=O) groups excluding carboxylic acids is 1. The molecule has 0 unspecified atom stereocenters. The molecule has 0 radical (unpaired) electrons. The van der Waals surface area contributed by atoms with Crippen molar-refractivity contribution >= 4 is 5.91 Å². The molecule has 1 aliphatic heterocycles. The van der Waals surface area contributed by atoms with Gasteiger partial charge in [0.1, 0.15) is 5.82 Å². The minimum Gasteiger partial charge on any atom is -0.503 e. The molecular weight excluding hydrogens is 351 g/mol. The molecule has 0 spiro atoms.